The van der Waals surface area contributed by atoms with Crippen molar-refractivity contribution < 1.29 is 13.9 Å². The van der Waals surface area contributed by atoms with E-state index in [0.717, 1.165) is 16.8 Å². The maximum atomic E-state index is 13.7. The molecule has 0 spiro atoms. The number of anilines is 2. The molecule has 0 saturated heterocycles. The molecule has 170 valence electrons. The predicted molar refractivity (Wildman–Crippen MR) is 125 cm³/mol. The first-order chi connectivity index (χ1) is 15.7. The minimum Gasteiger partial charge on any atom is -0.474 e. The normalized spacial score (nSPS) is 11.1. The number of hydrogen-bond donors (Lipinski definition) is 2. The lowest BCUT2D eigenvalue weighted by atomic mass is 10.1. The number of fused-ring (bicyclic) bond motifs is 1. The number of H-pyrrole nitrogens is 1. The number of aromatic amines is 1. The SMILES string of the molecule is Cc1cc(C(=O)N(C)C)ccc1Nc1nc(OC(C)C)c2c(-c3ccnc(F)c3)c[nH]c2n1. The number of aryl methyl sites for hydroxylation is 1. The van der Waals surface area contributed by atoms with Gasteiger partial charge in [-0.05, 0) is 56.2 Å². The third-order valence-electron chi connectivity index (χ3n) is 5.01. The molecule has 0 unspecified atom stereocenters. The van der Waals surface area contributed by atoms with Gasteiger partial charge in [-0.2, -0.15) is 14.4 Å². The fourth-order valence-electron chi connectivity index (χ4n) is 3.48. The van der Waals surface area contributed by atoms with Crippen molar-refractivity contribution in [2.75, 3.05) is 19.4 Å². The van der Waals surface area contributed by atoms with Crippen LogP contribution in [0.15, 0.2) is 42.7 Å². The van der Waals surface area contributed by atoms with Gasteiger partial charge in [-0.15, -0.1) is 0 Å². The molecule has 8 nitrogen and oxygen atoms in total. The second-order valence-corrected chi connectivity index (χ2v) is 8.17. The molecule has 3 heterocycles. The monoisotopic (exact) mass is 448 g/mol. The van der Waals surface area contributed by atoms with Gasteiger partial charge in [0, 0.05) is 49.4 Å². The first-order valence-corrected chi connectivity index (χ1v) is 10.5. The van der Waals surface area contributed by atoms with Gasteiger partial charge in [-0.3, -0.25) is 4.79 Å². The van der Waals surface area contributed by atoms with Gasteiger partial charge in [-0.1, -0.05) is 0 Å². The summed E-state index contributed by atoms with van der Waals surface area (Å²) in [5.41, 5.74) is 4.15. The zero-order valence-corrected chi connectivity index (χ0v) is 19.1. The van der Waals surface area contributed by atoms with Gasteiger partial charge >= 0.3 is 0 Å². The highest BCUT2D eigenvalue weighted by Crippen LogP contribution is 2.35. The maximum absolute atomic E-state index is 13.7. The van der Waals surface area contributed by atoms with Crippen molar-refractivity contribution in [3.05, 3.63) is 59.8 Å². The Morgan fingerprint density at radius 3 is 2.64 bits per heavy atom. The molecule has 0 saturated carbocycles. The van der Waals surface area contributed by atoms with Crippen molar-refractivity contribution in [2.45, 2.75) is 26.9 Å². The van der Waals surface area contributed by atoms with Crippen LogP contribution < -0.4 is 10.1 Å². The molecule has 2 N–H and O–H groups in total. The lowest BCUT2D eigenvalue weighted by Gasteiger charge is -2.15. The Bertz CT molecular complexity index is 1330. The third kappa shape index (κ3) is 4.62. The Kier molecular flexibility index (Phi) is 5.95. The van der Waals surface area contributed by atoms with Crippen molar-refractivity contribution in [1.82, 2.24) is 24.8 Å². The van der Waals surface area contributed by atoms with E-state index in [1.165, 1.54) is 17.2 Å². The summed E-state index contributed by atoms with van der Waals surface area (Å²) >= 11 is 0. The average molecular weight is 449 g/mol. The summed E-state index contributed by atoms with van der Waals surface area (Å²) in [6.07, 6.45) is 3.03. The van der Waals surface area contributed by atoms with Crippen LogP contribution in [0.4, 0.5) is 16.0 Å². The first kappa shape index (κ1) is 22.2. The highest BCUT2D eigenvalue weighted by atomic mass is 19.1. The molecular weight excluding hydrogens is 423 g/mol. The zero-order chi connectivity index (χ0) is 23.7. The molecule has 0 aliphatic rings. The number of nitrogens with one attached hydrogen (secondary N) is 2. The summed E-state index contributed by atoms with van der Waals surface area (Å²) < 4.78 is 19.7. The smallest absolute Gasteiger partial charge is 0.253 e. The van der Waals surface area contributed by atoms with Gasteiger partial charge in [0.1, 0.15) is 5.65 Å². The number of benzene rings is 1. The quantitative estimate of drug-likeness (QED) is 0.415. The van der Waals surface area contributed by atoms with E-state index in [-0.39, 0.29) is 12.0 Å². The van der Waals surface area contributed by atoms with Crippen LogP contribution in [-0.4, -0.2) is 50.9 Å². The standard InChI is InChI=1S/C24H25FN6O2/c1-13(2)33-22-20-17(15-8-9-26-19(25)11-15)12-27-21(20)29-24(30-22)28-18-7-6-16(10-14(18)3)23(32)31(4)5/h6-13H,1-5H3,(H2,27,28,29,30). The predicted octanol–water partition coefficient (Wildman–Crippen LogP) is 4.70. The van der Waals surface area contributed by atoms with Gasteiger partial charge < -0.3 is 19.9 Å². The number of carbonyl (C=O) groups is 1. The van der Waals surface area contributed by atoms with Gasteiger partial charge in [-0.25, -0.2) is 4.98 Å². The Morgan fingerprint density at radius 2 is 1.97 bits per heavy atom. The fourth-order valence-corrected chi connectivity index (χ4v) is 3.48. The highest BCUT2D eigenvalue weighted by molar-refractivity contribution is 5.98. The van der Waals surface area contributed by atoms with Crippen molar-refractivity contribution >= 4 is 28.6 Å². The molecule has 0 fully saturated rings. The molecule has 9 heteroatoms. The van der Waals surface area contributed by atoms with Crippen LogP contribution in [0.2, 0.25) is 0 Å². The summed E-state index contributed by atoms with van der Waals surface area (Å²) in [5, 5.41) is 3.87. The van der Waals surface area contributed by atoms with Gasteiger partial charge in [0.25, 0.3) is 5.91 Å². The van der Waals surface area contributed by atoms with E-state index < -0.39 is 5.95 Å². The molecule has 1 amide bonds. The minimum absolute atomic E-state index is 0.0681. The number of halogens is 1. The Hall–Kier alpha value is -4.01. The summed E-state index contributed by atoms with van der Waals surface area (Å²) in [6.45, 7) is 5.72. The van der Waals surface area contributed by atoms with E-state index in [4.69, 9.17) is 4.74 Å². The van der Waals surface area contributed by atoms with Gasteiger partial charge in [0.15, 0.2) is 0 Å². The van der Waals surface area contributed by atoms with Crippen molar-refractivity contribution in [2.24, 2.45) is 0 Å². The van der Waals surface area contributed by atoms with E-state index in [0.29, 0.717) is 34.0 Å². The summed E-state index contributed by atoms with van der Waals surface area (Å²) in [5.74, 6) is 0.0748. The lowest BCUT2D eigenvalue weighted by molar-refractivity contribution is 0.0827. The van der Waals surface area contributed by atoms with Gasteiger partial charge in [0.2, 0.25) is 17.8 Å². The molecule has 0 atom stereocenters. The first-order valence-electron chi connectivity index (χ1n) is 10.5. The second kappa shape index (κ2) is 8.85. The average Bonchev–Trinajstić information content (AvgIpc) is 3.18. The number of hydrogen-bond acceptors (Lipinski definition) is 6. The molecule has 0 bridgehead atoms. The molecule has 0 aliphatic carbocycles. The number of carbonyl (C=O) groups excluding carboxylic acids is 1. The summed E-state index contributed by atoms with van der Waals surface area (Å²) in [4.78, 5) is 29.7. The third-order valence-corrected chi connectivity index (χ3v) is 5.01. The Labute approximate surface area is 190 Å². The number of aromatic nitrogens is 4. The van der Waals surface area contributed by atoms with Crippen LogP contribution in [0, 0.1) is 12.9 Å². The summed E-state index contributed by atoms with van der Waals surface area (Å²) in [7, 11) is 3.43. The minimum atomic E-state index is -0.570. The topological polar surface area (TPSA) is 96.0 Å². The molecule has 4 rings (SSSR count). The number of ether oxygens (including phenoxy) is 1. The van der Waals surface area contributed by atoms with Crippen LogP contribution in [0.3, 0.4) is 0 Å². The molecule has 1 aromatic carbocycles. The lowest BCUT2D eigenvalue weighted by Crippen LogP contribution is -2.21. The van der Waals surface area contributed by atoms with Crippen molar-refractivity contribution in [3.8, 4) is 17.0 Å². The second-order valence-electron chi connectivity index (χ2n) is 8.17. The van der Waals surface area contributed by atoms with Crippen LogP contribution in [-0.2, 0) is 0 Å². The molecule has 0 radical (unpaired) electrons. The molecule has 3 aromatic heterocycles. The van der Waals surface area contributed by atoms with Crippen LogP contribution in [0.5, 0.6) is 5.88 Å². The zero-order valence-electron chi connectivity index (χ0n) is 19.1. The van der Waals surface area contributed by atoms with Crippen LogP contribution >= 0.6 is 0 Å². The fraction of sp³-hybridized carbons (Fsp3) is 0.250. The number of nitrogens with zero attached hydrogens (tertiary/aromatic N) is 4. The van der Waals surface area contributed by atoms with Crippen molar-refractivity contribution in [3.63, 3.8) is 0 Å². The maximum Gasteiger partial charge on any atom is 0.253 e. The van der Waals surface area contributed by atoms with Crippen LogP contribution in [0.1, 0.15) is 29.8 Å². The van der Waals surface area contributed by atoms with E-state index >= 15 is 0 Å². The number of rotatable bonds is 6. The van der Waals surface area contributed by atoms with E-state index in [1.807, 2.05) is 32.9 Å². The summed E-state index contributed by atoms with van der Waals surface area (Å²) in [6, 6.07) is 8.47. The molecular formula is C24H25FN6O2. The van der Waals surface area contributed by atoms with Crippen molar-refractivity contribution in [1.29, 1.82) is 0 Å². The highest BCUT2D eigenvalue weighted by Gasteiger charge is 2.18. The van der Waals surface area contributed by atoms with Gasteiger partial charge in [0.05, 0.1) is 11.5 Å². The molecule has 33 heavy (non-hydrogen) atoms. The number of amides is 1. The molecule has 0 aliphatic heterocycles. The van der Waals surface area contributed by atoms with E-state index in [9.17, 15) is 9.18 Å². The van der Waals surface area contributed by atoms with E-state index in [1.54, 1.807) is 32.4 Å². The Morgan fingerprint density at radius 1 is 1.18 bits per heavy atom. The Balaban J connectivity index is 1.75. The largest absolute Gasteiger partial charge is 0.474 e. The van der Waals surface area contributed by atoms with Crippen LogP contribution in [0.25, 0.3) is 22.2 Å². The number of pyridine rings is 1. The van der Waals surface area contributed by atoms with E-state index in [2.05, 4.69) is 25.3 Å². The molecule has 4 aromatic rings.